The number of benzene rings is 2. The zero-order valence-corrected chi connectivity index (χ0v) is 11.3. The second-order valence-electron chi connectivity index (χ2n) is 4.35. The van der Waals surface area contributed by atoms with Crippen molar-refractivity contribution in [2.24, 2.45) is 5.73 Å². The lowest BCUT2D eigenvalue weighted by molar-refractivity contribution is -0.118. The van der Waals surface area contributed by atoms with Crippen LogP contribution in [0.1, 0.15) is 10.4 Å². The molecule has 0 heterocycles. The third-order valence-electron chi connectivity index (χ3n) is 2.71. The van der Waals surface area contributed by atoms with E-state index in [-0.39, 0.29) is 5.75 Å². The number of carbonyl (C=O) groups excluding carboxylic acids is 2. The van der Waals surface area contributed by atoms with Crippen LogP contribution in [0.15, 0.2) is 42.5 Å². The van der Waals surface area contributed by atoms with E-state index in [1.807, 2.05) is 0 Å². The molecule has 0 aliphatic heterocycles. The minimum absolute atomic E-state index is 0.222. The van der Waals surface area contributed by atoms with Gasteiger partial charge >= 0.3 is 0 Å². The van der Waals surface area contributed by atoms with Crippen LogP contribution in [0.5, 0.6) is 5.75 Å². The first-order valence-electron chi connectivity index (χ1n) is 6.23. The standard InChI is InChI=1S/C15H12F2N2O3/c16-10-3-6-13(12(17)7-10)22-8-14(20)19-11-4-1-9(2-5-11)15(18)21/h1-7H,8H2,(H2,18,21)(H,19,20). The Balaban J connectivity index is 1.91. The van der Waals surface area contributed by atoms with Crippen molar-refractivity contribution in [1.82, 2.24) is 0 Å². The predicted octanol–water partition coefficient (Wildman–Crippen LogP) is 2.08. The van der Waals surface area contributed by atoms with Gasteiger partial charge in [-0.05, 0) is 36.4 Å². The summed E-state index contributed by atoms with van der Waals surface area (Å²) in [5.74, 6) is -2.95. The SMILES string of the molecule is NC(=O)c1ccc(NC(=O)COc2ccc(F)cc2F)cc1. The molecule has 0 aliphatic rings. The molecule has 0 fully saturated rings. The second-order valence-corrected chi connectivity index (χ2v) is 4.35. The van der Waals surface area contributed by atoms with Gasteiger partial charge in [-0.2, -0.15) is 0 Å². The van der Waals surface area contributed by atoms with Crippen molar-refractivity contribution in [3.63, 3.8) is 0 Å². The Labute approximate surface area is 124 Å². The maximum atomic E-state index is 13.3. The second kappa shape index (κ2) is 6.66. The van der Waals surface area contributed by atoms with Crippen molar-refractivity contribution in [3.8, 4) is 5.75 Å². The Morgan fingerprint density at radius 1 is 1.09 bits per heavy atom. The van der Waals surface area contributed by atoms with Crippen molar-refractivity contribution >= 4 is 17.5 Å². The molecular weight excluding hydrogens is 294 g/mol. The van der Waals surface area contributed by atoms with Crippen LogP contribution in [0.4, 0.5) is 14.5 Å². The number of hydrogen-bond acceptors (Lipinski definition) is 3. The number of hydrogen-bond donors (Lipinski definition) is 2. The maximum Gasteiger partial charge on any atom is 0.262 e. The first-order valence-corrected chi connectivity index (χ1v) is 6.23. The van der Waals surface area contributed by atoms with Crippen molar-refractivity contribution in [1.29, 1.82) is 0 Å². The van der Waals surface area contributed by atoms with Crippen LogP contribution in [-0.4, -0.2) is 18.4 Å². The topological polar surface area (TPSA) is 81.4 Å². The fraction of sp³-hybridized carbons (Fsp3) is 0.0667. The first-order chi connectivity index (χ1) is 10.5. The number of rotatable bonds is 5. The van der Waals surface area contributed by atoms with Crippen LogP contribution in [0.3, 0.4) is 0 Å². The van der Waals surface area contributed by atoms with Gasteiger partial charge in [-0.25, -0.2) is 8.78 Å². The van der Waals surface area contributed by atoms with Crippen molar-refractivity contribution < 1.29 is 23.1 Å². The van der Waals surface area contributed by atoms with E-state index in [0.29, 0.717) is 17.3 Å². The molecule has 3 N–H and O–H groups in total. The number of amides is 2. The fourth-order valence-electron chi connectivity index (χ4n) is 1.65. The van der Waals surface area contributed by atoms with Gasteiger partial charge in [-0.3, -0.25) is 9.59 Å². The minimum Gasteiger partial charge on any atom is -0.481 e. The summed E-state index contributed by atoms with van der Waals surface area (Å²) in [6.45, 7) is -0.444. The molecule has 0 unspecified atom stereocenters. The maximum absolute atomic E-state index is 13.3. The van der Waals surface area contributed by atoms with Crippen molar-refractivity contribution in [3.05, 3.63) is 59.7 Å². The van der Waals surface area contributed by atoms with Crippen LogP contribution in [0, 0.1) is 11.6 Å². The third-order valence-corrected chi connectivity index (χ3v) is 2.71. The van der Waals surface area contributed by atoms with Crippen molar-refractivity contribution in [2.45, 2.75) is 0 Å². The van der Waals surface area contributed by atoms with E-state index in [0.717, 1.165) is 12.1 Å². The molecule has 0 atom stereocenters. The van der Waals surface area contributed by atoms with Gasteiger partial charge in [0.2, 0.25) is 5.91 Å². The van der Waals surface area contributed by atoms with E-state index in [1.165, 1.54) is 24.3 Å². The Kier molecular flexibility index (Phi) is 4.67. The Bertz CT molecular complexity index is 702. The lowest BCUT2D eigenvalue weighted by atomic mass is 10.2. The third kappa shape index (κ3) is 4.02. The van der Waals surface area contributed by atoms with Crippen LogP contribution >= 0.6 is 0 Å². The first kappa shape index (κ1) is 15.4. The molecule has 0 spiro atoms. The van der Waals surface area contributed by atoms with Gasteiger partial charge in [0.15, 0.2) is 18.2 Å². The van der Waals surface area contributed by atoms with E-state index < -0.39 is 30.1 Å². The molecule has 114 valence electrons. The van der Waals surface area contributed by atoms with Crippen molar-refractivity contribution in [2.75, 3.05) is 11.9 Å². The van der Waals surface area contributed by atoms with Gasteiger partial charge in [0, 0.05) is 17.3 Å². The molecule has 0 saturated heterocycles. The molecule has 0 saturated carbocycles. The predicted molar refractivity (Wildman–Crippen MR) is 75.4 cm³/mol. The van der Waals surface area contributed by atoms with Gasteiger partial charge in [-0.1, -0.05) is 0 Å². The summed E-state index contributed by atoms with van der Waals surface area (Å²) in [5.41, 5.74) is 5.83. The quantitative estimate of drug-likeness (QED) is 0.887. The monoisotopic (exact) mass is 306 g/mol. The van der Waals surface area contributed by atoms with Gasteiger partial charge in [0.1, 0.15) is 5.82 Å². The highest BCUT2D eigenvalue weighted by Crippen LogP contribution is 2.17. The number of primary amides is 1. The molecule has 0 aromatic heterocycles. The van der Waals surface area contributed by atoms with E-state index in [2.05, 4.69) is 5.32 Å². The molecule has 7 heteroatoms. The van der Waals surface area contributed by atoms with Crippen LogP contribution in [0.25, 0.3) is 0 Å². The number of nitrogens with two attached hydrogens (primary N) is 1. The largest absolute Gasteiger partial charge is 0.481 e. The molecule has 2 aromatic carbocycles. The number of carbonyl (C=O) groups is 2. The van der Waals surface area contributed by atoms with E-state index >= 15 is 0 Å². The van der Waals surface area contributed by atoms with E-state index in [1.54, 1.807) is 0 Å². The summed E-state index contributed by atoms with van der Waals surface area (Å²) in [6, 6.07) is 8.69. The summed E-state index contributed by atoms with van der Waals surface area (Å²) >= 11 is 0. The molecule has 5 nitrogen and oxygen atoms in total. The zero-order chi connectivity index (χ0) is 16.1. The van der Waals surface area contributed by atoms with E-state index in [9.17, 15) is 18.4 Å². The highest BCUT2D eigenvalue weighted by Gasteiger charge is 2.08. The van der Waals surface area contributed by atoms with Gasteiger partial charge in [0.05, 0.1) is 0 Å². The summed E-state index contributed by atoms with van der Waals surface area (Å²) in [5, 5.41) is 2.50. The van der Waals surface area contributed by atoms with Crippen LogP contribution in [-0.2, 0) is 4.79 Å². The Hall–Kier alpha value is -2.96. The molecular formula is C15H12F2N2O3. The molecule has 2 amide bonds. The number of ether oxygens (including phenoxy) is 1. The fourth-order valence-corrected chi connectivity index (χ4v) is 1.65. The highest BCUT2D eigenvalue weighted by atomic mass is 19.1. The van der Waals surface area contributed by atoms with Gasteiger partial charge in [-0.15, -0.1) is 0 Å². The minimum atomic E-state index is -0.890. The average Bonchev–Trinajstić information content (AvgIpc) is 2.47. The van der Waals surface area contributed by atoms with Gasteiger partial charge in [0.25, 0.3) is 5.91 Å². The molecule has 0 aliphatic carbocycles. The number of anilines is 1. The summed E-state index contributed by atoms with van der Waals surface area (Å²) in [4.78, 5) is 22.6. The summed E-state index contributed by atoms with van der Waals surface area (Å²) in [6.07, 6.45) is 0. The van der Waals surface area contributed by atoms with Crippen LogP contribution in [0.2, 0.25) is 0 Å². The number of halogens is 2. The molecule has 2 rings (SSSR count). The average molecular weight is 306 g/mol. The Morgan fingerprint density at radius 3 is 2.36 bits per heavy atom. The molecule has 22 heavy (non-hydrogen) atoms. The smallest absolute Gasteiger partial charge is 0.262 e. The lowest BCUT2D eigenvalue weighted by Crippen LogP contribution is -2.20. The van der Waals surface area contributed by atoms with E-state index in [4.69, 9.17) is 10.5 Å². The normalized spacial score (nSPS) is 10.1. The zero-order valence-electron chi connectivity index (χ0n) is 11.3. The summed E-state index contributed by atoms with van der Waals surface area (Å²) in [7, 11) is 0. The highest BCUT2D eigenvalue weighted by molar-refractivity contribution is 5.95. The summed E-state index contributed by atoms with van der Waals surface area (Å²) < 4.78 is 31.0. The lowest BCUT2D eigenvalue weighted by Gasteiger charge is -2.08. The van der Waals surface area contributed by atoms with Gasteiger partial charge < -0.3 is 15.8 Å². The molecule has 0 bridgehead atoms. The number of nitrogens with one attached hydrogen (secondary N) is 1. The Morgan fingerprint density at radius 2 is 1.77 bits per heavy atom. The molecule has 2 aromatic rings. The molecule has 0 radical (unpaired) electrons. The van der Waals surface area contributed by atoms with Crippen LogP contribution < -0.4 is 15.8 Å².